The summed E-state index contributed by atoms with van der Waals surface area (Å²) in [6.07, 6.45) is -0.943. The van der Waals surface area contributed by atoms with Crippen LogP contribution in [0.25, 0.3) is 0 Å². The van der Waals surface area contributed by atoms with E-state index in [2.05, 4.69) is 7.11 Å². The molecule has 1 N–H and O–H groups in total. The Labute approximate surface area is 96.4 Å². The topological polar surface area (TPSA) is 47.9 Å². The minimum absolute atomic E-state index is 0. The molecule has 0 aromatic heterocycles. The van der Waals surface area contributed by atoms with Crippen molar-refractivity contribution in [2.75, 3.05) is 13.2 Å². The van der Waals surface area contributed by atoms with E-state index in [4.69, 9.17) is 14.2 Å². The number of rotatable bonds is 1. The van der Waals surface area contributed by atoms with Crippen molar-refractivity contribution >= 4 is 0 Å². The molecule has 2 saturated heterocycles. The van der Waals surface area contributed by atoms with Gasteiger partial charge in [-0.15, -0.1) is 0 Å². The quantitative estimate of drug-likeness (QED) is 0.624. The molecule has 4 nitrogen and oxygen atoms in total. The molecule has 0 amide bonds. The van der Waals surface area contributed by atoms with Gasteiger partial charge >= 0.3 is 0 Å². The molecule has 0 spiro atoms. The predicted molar refractivity (Wildman–Crippen MR) is 35.7 cm³/mol. The zero-order valence-corrected chi connectivity index (χ0v) is 9.52. The van der Waals surface area contributed by atoms with E-state index in [0.29, 0.717) is 13.2 Å². The molecule has 0 unspecified atom stereocenters. The number of ether oxygens (including phenoxy) is 3. The number of aliphatic hydroxyl groups excluding tert-OH is 1. The van der Waals surface area contributed by atoms with Gasteiger partial charge in [-0.25, -0.2) is 7.11 Å². The van der Waals surface area contributed by atoms with E-state index in [0.717, 1.165) is 0 Å². The molecular formula is C7H11O4Y-. The third kappa shape index (κ3) is 1.74. The maximum absolute atomic E-state index is 9.29. The third-order valence-corrected chi connectivity index (χ3v) is 2.20. The summed E-state index contributed by atoms with van der Waals surface area (Å²) < 4.78 is 15.4. The minimum Gasteiger partial charge on any atom is -0.549 e. The monoisotopic (exact) mass is 248 g/mol. The van der Waals surface area contributed by atoms with Gasteiger partial charge in [0.05, 0.1) is 19.3 Å². The smallest absolute Gasteiger partial charge is 0.114 e. The van der Waals surface area contributed by atoms with Crippen molar-refractivity contribution in [3.05, 3.63) is 7.11 Å². The number of fused-ring (bicyclic) bond motifs is 1. The van der Waals surface area contributed by atoms with Gasteiger partial charge in [0, 0.05) is 32.7 Å². The Morgan fingerprint density at radius 2 is 1.92 bits per heavy atom. The van der Waals surface area contributed by atoms with E-state index >= 15 is 0 Å². The second-order valence-corrected chi connectivity index (χ2v) is 2.87. The average molecular weight is 248 g/mol. The second kappa shape index (κ2) is 4.44. The Morgan fingerprint density at radius 1 is 1.25 bits per heavy atom. The first-order valence-electron chi connectivity index (χ1n) is 3.65. The third-order valence-electron chi connectivity index (χ3n) is 2.20. The molecule has 0 aromatic carbocycles. The number of aliphatic hydroxyl groups is 1. The molecule has 2 aliphatic rings. The zero-order chi connectivity index (χ0) is 7.84. The van der Waals surface area contributed by atoms with Gasteiger partial charge in [-0.2, -0.15) is 0 Å². The Kier molecular flexibility index (Phi) is 4.08. The van der Waals surface area contributed by atoms with Crippen LogP contribution in [0, 0.1) is 7.11 Å². The van der Waals surface area contributed by atoms with E-state index in [-0.39, 0.29) is 51.0 Å². The van der Waals surface area contributed by atoms with Crippen molar-refractivity contribution in [3.63, 3.8) is 0 Å². The van der Waals surface area contributed by atoms with E-state index in [1.54, 1.807) is 0 Å². The van der Waals surface area contributed by atoms with Crippen molar-refractivity contribution in [1.29, 1.82) is 0 Å². The van der Waals surface area contributed by atoms with E-state index in [1.165, 1.54) is 0 Å². The largest absolute Gasteiger partial charge is 0.549 e. The van der Waals surface area contributed by atoms with Crippen molar-refractivity contribution in [2.45, 2.75) is 24.4 Å². The summed E-state index contributed by atoms with van der Waals surface area (Å²) in [6.45, 7) is 0.811. The summed E-state index contributed by atoms with van der Waals surface area (Å²) in [6, 6.07) is 0. The van der Waals surface area contributed by atoms with Crippen LogP contribution >= 0.6 is 0 Å². The van der Waals surface area contributed by atoms with Crippen molar-refractivity contribution in [3.8, 4) is 0 Å². The number of hydrogen-bond acceptors (Lipinski definition) is 4. The maximum atomic E-state index is 9.29. The van der Waals surface area contributed by atoms with Gasteiger partial charge in [0.15, 0.2) is 0 Å². The Morgan fingerprint density at radius 3 is 2.58 bits per heavy atom. The molecule has 2 fully saturated rings. The van der Waals surface area contributed by atoms with Gasteiger partial charge in [-0.1, -0.05) is 0 Å². The summed E-state index contributed by atoms with van der Waals surface area (Å²) in [5, 5.41) is 9.29. The van der Waals surface area contributed by atoms with E-state index in [1.807, 2.05) is 0 Å². The van der Waals surface area contributed by atoms with Crippen molar-refractivity contribution < 1.29 is 52.0 Å². The molecule has 4 atom stereocenters. The molecule has 0 aromatic rings. The normalized spacial score (nSPS) is 45.5. The van der Waals surface area contributed by atoms with Gasteiger partial charge in [0.2, 0.25) is 0 Å². The van der Waals surface area contributed by atoms with Crippen LogP contribution in [0.3, 0.4) is 0 Å². The molecule has 2 aliphatic heterocycles. The van der Waals surface area contributed by atoms with Gasteiger partial charge in [-0.05, 0) is 0 Å². The molecular weight excluding hydrogens is 237 g/mol. The van der Waals surface area contributed by atoms with Crippen LogP contribution in [0.5, 0.6) is 0 Å². The zero-order valence-electron chi connectivity index (χ0n) is 6.68. The molecule has 67 valence electrons. The molecule has 0 bridgehead atoms. The first kappa shape index (κ1) is 11.0. The predicted octanol–water partition coefficient (Wildman–Crippen LogP) is -0.681. The summed E-state index contributed by atoms with van der Waals surface area (Å²) in [4.78, 5) is 0. The maximum Gasteiger partial charge on any atom is 0.114 e. The van der Waals surface area contributed by atoms with Crippen LogP contribution in [0.4, 0.5) is 0 Å². The molecule has 12 heavy (non-hydrogen) atoms. The second-order valence-electron chi connectivity index (χ2n) is 2.87. The van der Waals surface area contributed by atoms with Gasteiger partial charge in [0.1, 0.15) is 18.3 Å². The van der Waals surface area contributed by atoms with Gasteiger partial charge in [-0.3, -0.25) is 0 Å². The Balaban J connectivity index is 0.000000720. The molecule has 1 radical (unpaired) electrons. The molecule has 0 aliphatic carbocycles. The van der Waals surface area contributed by atoms with Crippen LogP contribution in [0.1, 0.15) is 0 Å². The first-order valence-corrected chi connectivity index (χ1v) is 3.65. The summed E-state index contributed by atoms with van der Waals surface area (Å²) in [5.41, 5.74) is 0. The van der Waals surface area contributed by atoms with Crippen molar-refractivity contribution in [2.24, 2.45) is 0 Å². The Bertz CT molecular complexity index is 154. The molecule has 5 heteroatoms. The SMILES string of the molecule is [CH2-]O[C@@H]1CO[C@H]2[C@@H]1OC[C@H]2O.[Y]. The minimum atomic E-state index is -0.500. The van der Waals surface area contributed by atoms with Gasteiger partial charge < -0.3 is 19.3 Å². The summed E-state index contributed by atoms with van der Waals surface area (Å²) >= 11 is 0. The van der Waals surface area contributed by atoms with E-state index in [9.17, 15) is 5.11 Å². The number of hydrogen-bond donors (Lipinski definition) is 1. The summed E-state index contributed by atoms with van der Waals surface area (Å²) in [5.74, 6) is 0. The van der Waals surface area contributed by atoms with E-state index < -0.39 is 6.10 Å². The van der Waals surface area contributed by atoms with Crippen LogP contribution in [0.15, 0.2) is 0 Å². The fourth-order valence-corrected chi connectivity index (χ4v) is 1.59. The molecule has 0 saturated carbocycles. The molecule has 2 rings (SSSR count). The fraction of sp³-hybridized carbons (Fsp3) is 0.857. The van der Waals surface area contributed by atoms with Crippen LogP contribution in [-0.4, -0.2) is 42.7 Å². The first-order chi connectivity index (χ1) is 5.33. The van der Waals surface area contributed by atoms with Crippen molar-refractivity contribution in [1.82, 2.24) is 0 Å². The Hall–Kier alpha value is 0.944. The van der Waals surface area contributed by atoms with Crippen LogP contribution in [0.2, 0.25) is 0 Å². The van der Waals surface area contributed by atoms with Crippen LogP contribution in [-0.2, 0) is 46.9 Å². The average Bonchev–Trinajstić information content (AvgIpc) is 2.53. The van der Waals surface area contributed by atoms with Gasteiger partial charge in [0.25, 0.3) is 0 Å². The van der Waals surface area contributed by atoms with Crippen LogP contribution < -0.4 is 0 Å². The standard InChI is InChI=1S/C7H11O4.Y/c1-9-5-3-11-6-4(8)2-10-7(5)6;/h4-8H,1-3H2;/q-1;/t4-,5-,6-,7-;/m1./s1. The fourth-order valence-electron chi connectivity index (χ4n) is 1.59. The molecule has 2 heterocycles. The summed E-state index contributed by atoms with van der Waals surface area (Å²) in [7, 11) is 3.31.